The number of ether oxygens (including phenoxy) is 2. The number of hydrogen-bond donors (Lipinski definition) is 2. The van der Waals surface area contributed by atoms with Crippen LogP contribution in [-0.2, 0) is 9.47 Å². The van der Waals surface area contributed by atoms with Crippen LogP contribution >= 0.6 is 0 Å². The summed E-state index contributed by atoms with van der Waals surface area (Å²) in [6.45, 7) is 4.22. The molecule has 0 radical (unpaired) electrons. The molecule has 0 aromatic carbocycles. The van der Waals surface area contributed by atoms with Crippen molar-refractivity contribution in [2.45, 2.75) is 31.4 Å². The lowest BCUT2D eigenvalue weighted by atomic mass is 10.0. The highest BCUT2D eigenvalue weighted by Gasteiger charge is 2.18. The maximum absolute atomic E-state index is 9.70. The average molecular weight is 260 g/mol. The van der Waals surface area contributed by atoms with Crippen molar-refractivity contribution in [2.75, 3.05) is 53.6 Å². The van der Waals surface area contributed by atoms with Crippen molar-refractivity contribution in [1.82, 2.24) is 10.2 Å². The first-order valence-electron chi connectivity index (χ1n) is 6.89. The van der Waals surface area contributed by atoms with Gasteiger partial charge in [0.1, 0.15) is 0 Å². The van der Waals surface area contributed by atoms with Crippen LogP contribution in [0.3, 0.4) is 0 Å². The smallest absolute Gasteiger partial charge is 0.0897 e. The van der Waals surface area contributed by atoms with E-state index < -0.39 is 6.10 Å². The Hall–Kier alpha value is -0.200. The van der Waals surface area contributed by atoms with Crippen LogP contribution in [0.25, 0.3) is 0 Å². The molecule has 5 heteroatoms. The van der Waals surface area contributed by atoms with E-state index >= 15 is 0 Å². The largest absolute Gasteiger partial charge is 0.389 e. The fraction of sp³-hybridized carbons (Fsp3) is 1.00. The van der Waals surface area contributed by atoms with E-state index in [-0.39, 0.29) is 0 Å². The lowest BCUT2D eigenvalue weighted by Gasteiger charge is -2.32. The zero-order chi connectivity index (χ0) is 13.2. The number of methoxy groups -OCH3 is 1. The molecular formula is C13H28N2O3. The Balaban J connectivity index is 1.98. The Labute approximate surface area is 110 Å². The van der Waals surface area contributed by atoms with E-state index in [0.29, 0.717) is 32.4 Å². The molecule has 1 saturated heterocycles. The van der Waals surface area contributed by atoms with Gasteiger partial charge in [0.25, 0.3) is 0 Å². The molecule has 2 unspecified atom stereocenters. The van der Waals surface area contributed by atoms with Crippen molar-refractivity contribution >= 4 is 0 Å². The van der Waals surface area contributed by atoms with Gasteiger partial charge >= 0.3 is 0 Å². The van der Waals surface area contributed by atoms with Gasteiger partial charge in [-0.2, -0.15) is 0 Å². The summed E-state index contributed by atoms with van der Waals surface area (Å²) in [5.74, 6) is 0. The topological polar surface area (TPSA) is 54.0 Å². The summed E-state index contributed by atoms with van der Waals surface area (Å²) in [6.07, 6.45) is 3.45. The van der Waals surface area contributed by atoms with Crippen molar-refractivity contribution in [3.05, 3.63) is 0 Å². The molecule has 0 saturated carbocycles. The Kier molecular flexibility index (Phi) is 8.54. The predicted octanol–water partition coefficient (Wildman–Crippen LogP) is 0.0842. The van der Waals surface area contributed by atoms with E-state index in [1.54, 1.807) is 7.11 Å². The molecule has 0 aliphatic carbocycles. The van der Waals surface area contributed by atoms with Crippen molar-refractivity contribution in [2.24, 2.45) is 0 Å². The number of aliphatic hydroxyl groups is 1. The van der Waals surface area contributed by atoms with Gasteiger partial charge in [0.2, 0.25) is 0 Å². The fourth-order valence-electron chi connectivity index (χ4n) is 2.24. The zero-order valence-corrected chi connectivity index (χ0v) is 11.7. The van der Waals surface area contributed by atoms with E-state index in [1.165, 1.54) is 25.8 Å². The summed E-state index contributed by atoms with van der Waals surface area (Å²) < 4.78 is 10.1. The minimum atomic E-state index is -0.434. The highest BCUT2D eigenvalue weighted by molar-refractivity contribution is 4.76. The van der Waals surface area contributed by atoms with Crippen LogP contribution in [0.4, 0.5) is 0 Å². The molecule has 2 N–H and O–H groups in total. The number of nitrogens with one attached hydrogen (secondary N) is 1. The van der Waals surface area contributed by atoms with Crippen LogP contribution in [0.5, 0.6) is 0 Å². The van der Waals surface area contributed by atoms with Crippen LogP contribution in [0.15, 0.2) is 0 Å². The summed E-state index contributed by atoms with van der Waals surface area (Å²) in [5.41, 5.74) is 0. The Bertz CT molecular complexity index is 205. The van der Waals surface area contributed by atoms with Crippen LogP contribution in [-0.4, -0.2) is 75.8 Å². The molecule has 1 rings (SSSR count). The molecule has 0 spiro atoms. The number of hydrogen-bond acceptors (Lipinski definition) is 5. The van der Waals surface area contributed by atoms with Crippen molar-refractivity contribution in [3.63, 3.8) is 0 Å². The highest BCUT2D eigenvalue weighted by Crippen LogP contribution is 2.13. The van der Waals surface area contributed by atoms with E-state index in [1.807, 2.05) is 0 Å². The van der Waals surface area contributed by atoms with Gasteiger partial charge in [0.05, 0.1) is 25.9 Å². The molecule has 2 atom stereocenters. The summed E-state index contributed by atoms with van der Waals surface area (Å²) >= 11 is 0. The van der Waals surface area contributed by atoms with E-state index in [2.05, 4.69) is 17.3 Å². The van der Waals surface area contributed by atoms with Gasteiger partial charge in [0, 0.05) is 26.2 Å². The third-order valence-electron chi connectivity index (χ3n) is 3.42. The highest BCUT2D eigenvalue weighted by atomic mass is 16.5. The van der Waals surface area contributed by atoms with Gasteiger partial charge in [-0.3, -0.25) is 0 Å². The van der Waals surface area contributed by atoms with Gasteiger partial charge in [-0.25, -0.2) is 0 Å². The summed E-state index contributed by atoms with van der Waals surface area (Å²) in [6, 6.07) is 0.611. The Morgan fingerprint density at radius 2 is 2.22 bits per heavy atom. The Morgan fingerprint density at radius 3 is 2.94 bits per heavy atom. The molecule has 0 amide bonds. The van der Waals surface area contributed by atoms with Gasteiger partial charge in [-0.05, 0) is 26.4 Å². The maximum atomic E-state index is 9.70. The minimum absolute atomic E-state index is 0.372. The Morgan fingerprint density at radius 1 is 1.39 bits per heavy atom. The molecule has 1 aliphatic rings. The van der Waals surface area contributed by atoms with Crippen LogP contribution in [0.2, 0.25) is 0 Å². The van der Waals surface area contributed by atoms with Crippen molar-refractivity contribution in [1.29, 1.82) is 0 Å². The molecule has 0 bridgehead atoms. The van der Waals surface area contributed by atoms with Crippen molar-refractivity contribution in [3.8, 4) is 0 Å². The normalized spacial score (nSPS) is 23.2. The predicted molar refractivity (Wildman–Crippen MR) is 71.8 cm³/mol. The van der Waals surface area contributed by atoms with Gasteiger partial charge in [-0.1, -0.05) is 6.42 Å². The number of likely N-dealkylation sites (tertiary alicyclic amines) is 1. The number of likely N-dealkylation sites (N-methyl/N-ethyl adjacent to an activating group) is 1. The van der Waals surface area contributed by atoms with E-state index in [9.17, 15) is 5.11 Å². The first kappa shape index (κ1) is 15.9. The molecule has 108 valence electrons. The second kappa shape index (κ2) is 9.69. The molecule has 0 aromatic heterocycles. The second-order valence-electron chi connectivity index (χ2n) is 5.01. The molecule has 5 nitrogen and oxygen atoms in total. The monoisotopic (exact) mass is 260 g/mol. The molecule has 18 heavy (non-hydrogen) atoms. The third-order valence-corrected chi connectivity index (χ3v) is 3.42. The van der Waals surface area contributed by atoms with Gasteiger partial charge < -0.3 is 24.8 Å². The standard InChI is InChI=1S/C13H28N2O3/c1-15-6-4-3-5-12(15)9-14-10-13(16)11-18-8-7-17-2/h12-14,16H,3-11H2,1-2H3. The summed E-state index contributed by atoms with van der Waals surface area (Å²) in [7, 11) is 3.82. The van der Waals surface area contributed by atoms with E-state index in [0.717, 1.165) is 6.54 Å². The number of rotatable bonds is 9. The van der Waals surface area contributed by atoms with Crippen LogP contribution < -0.4 is 5.32 Å². The minimum Gasteiger partial charge on any atom is -0.389 e. The lowest BCUT2D eigenvalue weighted by molar-refractivity contribution is 0.0131. The van der Waals surface area contributed by atoms with Gasteiger partial charge in [0.15, 0.2) is 0 Å². The molecule has 1 heterocycles. The summed E-state index contributed by atoms with van der Waals surface area (Å²) in [5, 5.41) is 13.0. The maximum Gasteiger partial charge on any atom is 0.0897 e. The fourth-order valence-corrected chi connectivity index (χ4v) is 2.24. The van der Waals surface area contributed by atoms with Gasteiger partial charge in [-0.15, -0.1) is 0 Å². The summed E-state index contributed by atoms with van der Waals surface area (Å²) in [4.78, 5) is 2.40. The molecule has 0 aromatic rings. The first-order chi connectivity index (χ1) is 8.74. The van der Waals surface area contributed by atoms with Crippen molar-refractivity contribution < 1.29 is 14.6 Å². The lowest BCUT2D eigenvalue weighted by Crippen LogP contribution is -2.45. The molecule has 1 fully saturated rings. The molecular weight excluding hydrogens is 232 g/mol. The number of piperidine rings is 1. The SMILES string of the molecule is COCCOCC(O)CNCC1CCCCN1C. The van der Waals surface area contributed by atoms with E-state index in [4.69, 9.17) is 9.47 Å². The number of nitrogens with zero attached hydrogens (tertiary/aromatic N) is 1. The van der Waals surface area contributed by atoms with Crippen LogP contribution in [0.1, 0.15) is 19.3 Å². The molecule has 1 aliphatic heterocycles. The van der Waals surface area contributed by atoms with Crippen LogP contribution in [0, 0.1) is 0 Å². The first-order valence-corrected chi connectivity index (χ1v) is 6.89. The second-order valence-corrected chi connectivity index (χ2v) is 5.01. The average Bonchev–Trinajstić information content (AvgIpc) is 2.37. The zero-order valence-electron chi connectivity index (χ0n) is 11.7. The number of aliphatic hydroxyl groups excluding tert-OH is 1. The quantitative estimate of drug-likeness (QED) is 0.575. The third kappa shape index (κ3) is 6.66.